The molecule has 0 radical (unpaired) electrons. The molecule has 1 amide bonds. The summed E-state index contributed by atoms with van der Waals surface area (Å²) in [5.74, 6) is -2.24. The first-order valence-corrected chi connectivity index (χ1v) is 8.32. The highest BCUT2D eigenvalue weighted by Crippen LogP contribution is 2.46. The van der Waals surface area contributed by atoms with Gasteiger partial charge in [0.25, 0.3) is 0 Å². The van der Waals surface area contributed by atoms with Gasteiger partial charge in [0.15, 0.2) is 21.7 Å². The first-order chi connectivity index (χ1) is 10.6. The van der Waals surface area contributed by atoms with Crippen LogP contribution in [0.5, 0.6) is 0 Å². The molecule has 0 aliphatic carbocycles. The van der Waals surface area contributed by atoms with Crippen molar-refractivity contribution in [1.29, 1.82) is 0 Å². The molecule has 3 heterocycles. The number of aromatic nitrogens is 3. The summed E-state index contributed by atoms with van der Waals surface area (Å²) >= 11 is 0. The van der Waals surface area contributed by atoms with Gasteiger partial charge in [0.2, 0.25) is 5.91 Å². The summed E-state index contributed by atoms with van der Waals surface area (Å²) in [6.45, 7) is 2.25. The Hall–Kier alpha value is -2.30. The summed E-state index contributed by atoms with van der Waals surface area (Å²) in [4.78, 5) is 35.4. The van der Waals surface area contributed by atoms with Crippen LogP contribution >= 0.6 is 0 Å². The van der Waals surface area contributed by atoms with Crippen LogP contribution in [0.1, 0.15) is 30.8 Å². The van der Waals surface area contributed by atoms with Crippen LogP contribution in [0.4, 0.5) is 0 Å². The highest BCUT2D eigenvalue weighted by Gasteiger charge is 2.70. The van der Waals surface area contributed by atoms with Crippen LogP contribution in [0.3, 0.4) is 0 Å². The highest BCUT2D eigenvalue weighted by atomic mass is 32.2. The SMILES string of the molecule is CC(=O)c1cn(C[C@@]2(C)[C@H](C(=O)O)N3C(=O)C[C@H]3S2(=O)=O)nn1. The molecule has 10 nitrogen and oxygen atoms in total. The van der Waals surface area contributed by atoms with Crippen molar-refractivity contribution in [2.45, 2.75) is 43.0 Å². The van der Waals surface area contributed by atoms with Crippen molar-refractivity contribution in [3.05, 3.63) is 11.9 Å². The number of fused-ring (bicyclic) bond motifs is 1. The van der Waals surface area contributed by atoms with Gasteiger partial charge in [-0.25, -0.2) is 13.2 Å². The summed E-state index contributed by atoms with van der Waals surface area (Å²) in [5, 5.41) is 15.6. The third-order valence-electron chi connectivity index (χ3n) is 4.42. The lowest BCUT2D eigenvalue weighted by molar-refractivity contribution is -0.157. The van der Waals surface area contributed by atoms with E-state index in [1.54, 1.807) is 0 Å². The van der Waals surface area contributed by atoms with E-state index in [9.17, 15) is 27.9 Å². The molecule has 0 bridgehead atoms. The van der Waals surface area contributed by atoms with E-state index in [0.717, 1.165) is 9.58 Å². The minimum Gasteiger partial charge on any atom is -0.480 e. The molecular weight excluding hydrogens is 328 g/mol. The molecule has 124 valence electrons. The number of rotatable bonds is 4. The van der Waals surface area contributed by atoms with Crippen LogP contribution in [0.15, 0.2) is 6.20 Å². The molecule has 23 heavy (non-hydrogen) atoms. The molecule has 2 aliphatic heterocycles. The fourth-order valence-corrected chi connectivity index (χ4v) is 5.51. The van der Waals surface area contributed by atoms with Crippen molar-refractivity contribution >= 4 is 27.5 Å². The average Bonchev–Trinajstić information content (AvgIpc) is 2.93. The van der Waals surface area contributed by atoms with Crippen LogP contribution < -0.4 is 0 Å². The molecule has 0 spiro atoms. The number of sulfone groups is 1. The summed E-state index contributed by atoms with van der Waals surface area (Å²) in [6.07, 6.45) is 1.05. The second kappa shape index (κ2) is 4.60. The van der Waals surface area contributed by atoms with E-state index in [2.05, 4.69) is 10.3 Å². The number of hydrogen-bond acceptors (Lipinski definition) is 7. The number of ketones is 1. The number of amides is 1. The topological polar surface area (TPSA) is 140 Å². The maximum absolute atomic E-state index is 12.7. The molecule has 2 aliphatic rings. The Morgan fingerprint density at radius 1 is 1.48 bits per heavy atom. The number of carbonyl (C=O) groups is 3. The van der Waals surface area contributed by atoms with Crippen LogP contribution in [-0.2, 0) is 26.0 Å². The molecule has 3 rings (SSSR count). The molecule has 2 saturated heterocycles. The predicted octanol–water partition coefficient (Wildman–Crippen LogP) is -1.32. The number of aliphatic carboxylic acids is 1. The van der Waals surface area contributed by atoms with Crippen LogP contribution in [-0.4, -0.2) is 67.2 Å². The first kappa shape index (κ1) is 15.6. The fourth-order valence-electron chi connectivity index (χ4n) is 3.15. The van der Waals surface area contributed by atoms with Gasteiger partial charge in [0, 0.05) is 6.92 Å². The van der Waals surface area contributed by atoms with Crippen molar-refractivity contribution in [2.24, 2.45) is 0 Å². The number of hydrogen-bond donors (Lipinski definition) is 1. The average molecular weight is 342 g/mol. The fraction of sp³-hybridized carbons (Fsp3) is 0.583. The predicted molar refractivity (Wildman–Crippen MR) is 74.0 cm³/mol. The number of Topliss-reactive ketones (excluding diaryl/α,β-unsaturated/α-hetero) is 1. The van der Waals surface area contributed by atoms with Crippen molar-refractivity contribution in [2.75, 3.05) is 0 Å². The zero-order valence-corrected chi connectivity index (χ0v) is 13.1. The smallest absolute Gasteiger partial charge is 0.328 e. The Morgan fingerprint density at radius 3 is 2.61 bits per heavy atom. The molecule has 11 heteroatoms. The molecule has 2 fully saturated rings. The number of carbonyl (C=O) groups excluding carboxylic acids is 2. The van der Waals surface area contributed by atoms with E-state index in [0.29, 0.717) is 0 Å². The van der Waals surface area contributed by atoms with Crippen LogP contribution in [0, 0.1) is 0 Å². The number of β-lactam (4-membered cyclic amide) rings is 1. The van der Waals surface area contributed by atoms with E-state index in [-0.39, 0.29) is 24.4 Å². The Balaban J connectivity index is 2.04. The van der Waals surface area contributed by atoms with E-state index in [1.807, 2.05) is 0 Å². The summed E-state index contributed by atoms with van der Waals surface area (Å²) in [7, 11) is -3.91. The molecule has 1 aromatic rings. The molecule has 1 N–H and O–H groups in total. The first-order valence-electron chi connectivity index (χ1n) is 6.78. The molecular formula is C12H14N4O6S. The van der Waals surface area contributed by atoms with Gasteiger partial charge in [-0.2, -0.15) is 0 Å². The number of nitrogens with zero attached hydrogens (tertiary/aromatic N) is 4. The van der Waals surface area contributed by atoms with Gasteiger partial charge < -0.3 is 10.0 Å². The van der Waals surface area contributed by atoms with Crippen LogP contribution in [0.2, 0.25) is 0 Å². The number of carboxylic acid groups (broad SMARTS) is 1. The maximum atomic E-state index is 12.7. The van der Waals surface area contributed by atoms with Crippen molar-refractivity contribution in [1.82, 2.24) is 19.9 Å². The monoisotopic (exact) mass is 342 g/mol. The van der Waals surface area contributed by atoms with Crippen molar-refractivity contribution in [3.8, 4) is 0 Å². The minimum absolute atomic E-state index is 0.0511. The summed E-state index contributed by atoms with van der Waals surface area (Å²) < 4.78 is 24.8. The van der Waals surface area contributed by atoms with Gasteiger partial charge in [-0.15, -0.1) is 5.10 Å². The lowest BCUT2D eigenvalue weighted by atomic mass is 9.96. The second-order valence-electron chi connectivity index (χ2n) is 5.92. The third-order valence-corrected chi connectivity index (χ3v) is 7.18. The Kier molecular flexibility index (Phi) is 3.12. The Bertz CT molecular complexity index is 830. The molecule has 1 aromatic heterocycles. The number of carboxylic acids is 1. The Labute approximate surface area is 131 Å². The maximum Gasteiger partial charge on any atom is 0.328 e. The highest BCUT2D eigenvalue weighted by molar-refractivity contribution is 7.93. The summed E-state index contributed by atoms with van der Waals surface area (Å²) in [5.41, 5.74) is 0.0511. The van der Waals surface area contributed by atoms with E-state index < -0.39 is 37.9 Å². The van der Waals surface area contributed by atoms with Gasteiger partial charge in [-0.3, -0.25) is 14.3 Å². The lowest BCUT2D eigenvalue weighted by Gasteiger charge is -2.35. The quantitative estimate of drug-likeness (QED) is 0.525. The van der Waals surface area contributed by atoms with E-state index in [4.69, 9.17) is 0 Å². The van der Waals surface area contributed by atoms with Gasteiger partial charge in [-0.05, 0) is 6.92 Å². The van der Waals surface area contributed by atoms with Crippen molar-refractivity contribution in [3.63, 3.8) is 0 Å². The van der Waals surface area contributed by atoms with Crippen LogP contribution in [0.25, 0.3) is 0 Å². The van der Waals surface area contributed by atoms with E-state index >= 15 is 0 Å². The van der Waals surface area contributed by atoms with E-state index in [1.165, 1.54) is 20.0 Å². The molecule has 0 aromatic carbocycles. The van der Waals surface area contributed by atoms with Crippen molar-refractivity contribution < 1.29 is 27.9 Å². The standard InChI is InChI=1S/C12H14N4O6S/c1-6(17)7-4-15(14-13-7)5-12(2)10(11(19)20)16-8(18)3-9(16)23(12,21)22/h4,9-10H,3,5H2,1-2H3,(H,19,20)/t9-,10+,12+/m1/s1. The largest absolute Gasteiger partial charge is 0.480 e. The van der Waals surface area contributed by atoms with Gasteiger partial charge >= 0.3 is 5.97 Å². The molecule has 0 unspecified atom stereocenters. The zero-order valence-electron chi connectivity index (χ0n) is 12.3. The normalized spacial score (nSPS) is 31.6. The van der Waals surface area contributed by atoms with Gasteiger partial charge in [0.1, 0.15) is 15.8 Å². The minimum atomic E-state index is -3.91. The summed E-state index contributed by atoms with van der Waals surface area (Å²) in [6, 6.07) is -1.50. The lowest BCUT2D eigenvalue weighted by Crippen LogP contribution is -2.58. The third kappa shape index (κ3) is 1.92. The van der Waals surface area contributed by atoms with Gasteiger partial charge in [0.05, 0.1) is 19.2 Å². The zero-order chi connectivity index (χ0) is 17.2. The Morgan fingerprint density at radius 2 is 2.13 bits per heavy atom. The van der Waals surface area contributed by atoms with Gasteiger partial charge in [-0.1, -0.05) is 5.21 Å². The molecule has 0 saturated carbocycles. The second-order valence-corrected chi connectivity index (χ2v) is 8.48. The molecule has 3 atom stereocenters.